The van der Waals surface area contributed by atoms with Crippen LogP contribution in [0.4, 0.5) is 5.95 Å². The summed E-state index contributed by atoms with van der Waals surface area (Å²) in [7, 11) is 0. The van der Waals surface area contributed by atoms with Gasteiger partial charge in [0.1, 0.15) is 0 Å². The SMILES string of the molecule is Cc1cc(C)nc(N/N=C(/CCC(=O)[O-])c2ccc(Br)cc2)n1. The van der Waals surface area contributed by atoms with Gasteiger partial charge in [-0.3, -0.25) is 0 Å². The van der Waals surface area contributed by atoms with Crippen LogP contribution in [-0.2, 0) is 4.79 Å². The van der Waals surface area contributed by atoms with Crippen LogP contribution in [0.2, 0.25) is 0 Å². The summed E-state index contributed by atoms with van der Waals surface area (Å²) in [5.74, 6) is -0.733. The number of nitrogens with one attached hydrogen (secondary N) is 1. The summed E-state index contributed by atoms with van der Waals surface area (Å²) in [5, 5.41) is 15.0. The number of benzene rings is 1. The summed E-state index contributed by atoms with van der Waals surface area (Å²) in [6.07, 6.45) is 0.145. The van der Waals surface area contributed by atoms with E-state index in [4.69, 9.17) is 0 Å². The summed E-state index contributed by atoms with van der Waals surface area (Å²) < 4.78 is 0.936. The molecule has 0 amide bonds. The highest BCUT2D eigenvalue weighted by molar-refractivity contribution is 9.10. The average molecular weight is 376 g/mol. The lowest BCUT2D eigenvalue weighted by molar-refractivity contribution is -0.305. The van der Waals surface area contributed by atoms with Gasteiger partial charge in [0.15, 0.2) is 0 Å². The highest BCUT2D eigenvalue weighted by Gasteiger charge is 2.06. The molecule has 120 valence electrons. The minimum Gasteiger partial charge on any atom is -0.550 e. The van der Waals surface area contributed by atoms with Crippen molar-refractivity contribution in [2.45, 2.75) is 26.7 Å². The van der Waals surface area contributed by atoms with Crippen molar-refractivity contribution in [3.63, 3.8) is 0 Å². The molecule has 2 aromatic rings. The number of carbonyl (C=O) groups is 1. The minimum absolute atomic E-state index is 0.107. The van der Waals surface area contributed by atoms with Crippen LogP contribution >= 0.6 is 15.9 Å². The van der Waals surface area contributed by atoms with Crippen LogP contribution in [0.5, 0.6) is 0 Å². The Labute approximate surface area is 142 Å². The maximum Gasteiger partial charge on any atom is 0.243 e. The molecule has 0 radical (unpaired) electrons. The van der Waals surface area contributed by atoms with Crippen molar-refractivity contribution in [1.29, 1.82) is 0 Å². The number of aryl methyl sites for hydroxylation is 2. The van der Waals surface area contributed by atoms with E-state index in [2.05, 4.69) is 36.4 Å². The van der Waals surface area contributed by atoms with Crippen LogP contribution in [0.1, 0.15) is 29.8 Å². The van der Waals surface area contributed by atoms with Gasteiger partial charge in [0.05, 0.1) is 5.71 Å². The van der Waals surface area contributed by atoms with E-state index < -0.39 is 5.97 Å². The Morgan fingerprint density at radius 3 is 2.35 bits per heavy atom. The lowest BCUT2D eigenvalue weighted by Crippen LogP contribution is -2.23. The fourth-order valence-electron chi connectivity index (χ4n) is 2.02. The van der Waals surface area contributed by atoms with E-state index in [0.717, 1.165) is 21.4 Å². The lowest BCUT2D eigenvalue weighted by atomic mass is 10.1. The predicted molar refractivity (Wildman–Crippen MR) is 90.0 cm³/mol. The number of nitrogens with zero attached hydrogens (tertiary/aromatic N) is 3. The van der Waals surface area contributed by atoms with Crippen LogP contribution in [0.15, 0.2) is 39.9 Å². The molecule has 0 aliphatic rings. The Bertz CT molecular complexity index is 709. The van der Waals surface area contributed by atoms with Crippen molar-refractivity contribution in [3.8, 4) is 0 Å². The molecule has 1 N–H and O–H groups in total. The number of hydrogen-bond donors (Lipinski definition) is 1. The molecular weight excluding hydrogens is 360 g/mol. The fourth-order valence-corrected chi connectivity index (χ4v) is 2.29. The molecule has 1 aromatic carbocycles. The van der Waals surface area contributed by atoms with Gasteiger partial charge in [0.2, 0.25) is 5.95 Å². The van der Waals surface area contributed by atoms with Crippen LogP contribution in [-0.4, -0.2) is 21.6 Å². The number of aliphatic carboxylic acids is 1. The normalized spacial score (nSPS) is 11.3. The molecule has 0 spiro atoms. The largest absolute Gasteiger partial charge is 0.550 e. The topological polar surface area (TPSA) is 90.3 Å². The Morgan fingerprint density at radius 1 is 1.17 bits per heavy atom. The molecule has 2 rings (SSSR count). The lowest BCUT2D eigenvalue weighted by Gasteiger charge is -2.09. The second-order valence-electron chi connectivity index (χ2n) is 5.02. The van der Waals surface area contributed by atoms with Gasteiger partial charge in [-0.25, -0.2) is 15.4 Å². The Kier molecular flexibility index (Phi) is 5.81. The van der Waals surface area contributed by atoms with Gasteiger partial charge in [-0.05, 0) is 50.5 Å². The number of aromatic nitrogens is 2. The molecule has 0 unspecified atom stereocenters. The number of hydrogen-bond acceptors (Lipinski definition) is 6. The molecule has 0 bridgehead atoms. The van der Waals surface area contributed by atoms with Crippen molar-refractivity contribution in [3.05, 3.63) is 51.8 Å². The molecule has 23 heavy (non-hydrogen) atoms. The van der Waals surface area contributed by atoms with Gasteiger partial charge in [-0.2, -0.15) is 5.10 Å². The quantitative estimate of drug-likeness (QED) is 0.617. The summed E-state index contributed by atoms with van der Waals surface area (Å²) in [6, 6.07) is 9.33. The first-order valence-electron chi connectivity index (χ1n) is 7.04. The number of hydrazone groups is 1. The number of carboxylic acid groups (broad SMARTS) is 1. The Balaban J connectivity index is 2.24. The number of rotatable bonds is 6. The van der Waals surface area contributed by atoms with Crippen molar-refractivity contribution < 1.29 is 9.90 Å². The third-order valence-corrected chi connectivity index (χ3v) is 3.55. The van der Waals surface area contributed by atoms with Crippen LogP contribution in [0.3, 0.4) is 0 Å². The Morgan fingerprint density at radius 2 is 1.78 bits per heavy atom. The molecular formula is C16H16BrN4O2-. The van der Waals surface area contributed by atoms with Crippen molar-refractivity contribution in [2.75, 3.05) is 5.43 Å². The molecule has 6 nitrogen and oxygen atoms in total. The number of halogens is 1. The standard InChI is InChI=1S/C16H17BrN4O2/c1-10-9-11(2)19-16(18-10)21-20-14(7-8-15(22)23)12-3-5-13(17)6-4-12/h3-6,9H,7-8H2,1-2H3,(H,22,23)(H,18,19,21)/p-1/b20-14-. The zero-order valence-electron chi connectivity index (χ0n) is 12.8. The van der Waals surface area contributed by atoms with E-state index in [1.165, 1.54) is 0 Å². The predicted octanol–water partition coefficient (Wildman–Crippen LogP) is 2.20. The third-order valence-electron chi connectivity index (χ3n) is 3.02. The first-order chi connectivity index (χ1) is 10.9. The molecule has 1 heterocycles. The molecule has 7 heteroatoms. The van der Waals surface area contributed by atoms with Gasteiger partial charge < -0.3 is 9.90 Å². The van der Waals surface area contributed by atoms with Crippen LogP contribution in [0.25, 0.3) is 0 Å². The minimum atomic E-state index is -1.11. The number of carboxylic acids is 1. The second-order valence-corrected chi connectivity index (χ2v) is 5.94. The van der Waals surface area contributed by atoms with Gasteiger partial charge in [0, 0.05) is 21.8 Å². The zero-order valence-corrected chi connectivity index (χ0v) is 14.4. The van der Waals surface area contributed by atoms with Gasteiger partial charge in [0.25, 0.3) is 0 Å². The van der Waals surface area contributed by atoms with Crippen molar-refractivity contribution >= 4 is 33.6 Å². The van der Waals surface area contributed by atoms with Gasteiger partial charge >= 0.3 is 0 Å². The Hall–Kier alpha value is -2.28. The molecule has 0 atom stereocenters. The molecule has 1 aromatic heterocycles. The van der Waals surface area contributed by atoms with Gasteiger partial charge in [-0.1, -0.05) is 28.1 Å². The van der Waals surface area contributed by atoms with E-state index in [1.54, 1.807) is 0 Å². The summed E-state index contributed by atoms with van der Waals surface area (Å²) in [4.78, 5) is 19.2. The average Bonchev–Trinajstić information content (AvgIpc) is 2.47. The monoisotopic (exact) mass is 375 g/mol. The molecule has 0 saturated heterocycles. The maximum atomic E-state index is 10.7. The first kappa shape index (κ1) is 17.1. The van der Waals surface area contributed by atoms with E-state index in [-0.39, 0.29) is 12.8 Å². The second kappa shape index (κ2) is 7.82. The summed E-state index contributed by atoms with van der Waals surface area (Å²) in [5.41, 5.74) is 5.89. The van der Waals surface area contributed by atoms with E-state index in [9.17, 15) is 9.90 Å². The zero-order chi connectivity index (χ0) is 16.8. The fraction of sp³-hybridized carbons (Fsp3) is 0.250. The highest BCUT2D eigenvalue weighted by Crippen LogP contribution is 2.14. The smallest absolute Gasteiger partial charge is 0.243 e. The summed E-state index contributed by atoms with van der Waals surface area (Å²) >= 11 is 3.37. The van der Waals surface area contributed by atoms with Crippen molar-refractivity contribution in [1.82, 2.24) is 9.97 Å². The van der Waals surface area contributed by atoms with Crippen molar-refractivity contribution in [2.24, 2.45) is 5.10 Å². The first-order valence-corrected chi connectivity index (χ1v) is 7.84. The van der Waals surface area contributed by atoms with E-state index >= 15 is 0 Å². The summed E-state index contributed by atoms with van der Waals surface area (Å²) in [6.45, 7) is 3.74. The molecule has 0 fully saturated rings. The van der Waals surface area contributed by atoms with E-state index in [1.807, 2.05) is 44.2 Å². The van der Waals surface area contributed by atoms with Gasteiger partial charge in [-0.15, -0.1) is 0 Å². The van der Waals surface area contributed by atoms with Crippen LogP contribution < -0.4 is 10.5 Å². The molecule has 0 aliphatic heterocycles. The highest BCUT2D eigenvalue weighted by atomic mass is 79.9. The molecule has 0 aliphatic carbocycles. The van der Waals surface area contributed by atoms with E-state index in [0.29, 0.717) is 11.7 Å². The number of anilines is 1. The van der Waals surface area contributed by atoms with Crippen LogP contribution in [0, 0.1) is 13.8 Å². The number of carbonyl (C=O) groups excluding carboxylic acids is 1. The molecule has 0 saturated carbocycles. The maximum absolute atomic E-state index is 10.7. The third kappa shape index (κ3) is 5.45.